The molecule has 0 saturated carbocycles. The Hall–Kier alpha value is -3.68. The van der Waals surface area contributed by atoms with Crippen LogP contribution in [0.15, 0.2) is 65.4 Å². The molecule has 1 aromatic carbocycles. The van der Waals surface area contributed by atoms with E-state index >= 15 is 0 Å². The van der Waals surface area contributed by atoms with Gasteiger partial charge >= 0.3 is 0 Å². The van der Waals surface area contributed by atoms with Gasteiger partial charge in [0.05, 0.1) is 6.54 Å². The Kier molecular flexibility index (Phi) is 3.83. The Labute approximate surface area is 143 Å². The van der Waals surface area contributed by atoms with Crippen LogP contribution >= 0.6 is 0 Å². The molecule has 3 aromatic heterocycles. The molecular weight excluding hydrogens is 318 g/mol. The van der Waals surface area contributed by atoms with E-state index in [1.165, 1.54) is 0 Å². The van der Waals surface area contributed by atoms with E-state index in [9.17, 15) is 0 Å². The van der Waals surface area contributed by atoms with Crippen molar-refractivity contribution >= 4 is 11.8 Å². The van der Waals surface area contributed by atoms with Gasteiger partial charge in [-0.15, -0.1) is 0 Å². The third-order valence-corrected chi connectivity index (χ3v) is 3.54. The van der Waals surface area contributed by atoms with Crippen molar-refractivity contribution in [1.82, 2.24) is 24.9 Å². The summed E-state index contributed by atoms with van der Waals surface area (Å²) < 4.78 is 7.00. The number of nitrogen functional groups attached to an aromatic ring is 1. The summed E-state index contributed by atoms with van der Waals surface area (Å²) in [6.07, 6.45) is 3.46. The molecule has 3 N–H and O–H groups in total. The lowest BCUT2D eigenvalue weighted by Crippen LogP contribution is -2.08. The average Bonchev–Trinajstić information content (AvgIpc) is 3.32. The number of benzene rings is 1. The van der Waals surface area contributed by atoms with E-state index in [1.807, 2.05) is 42.5 Å². The maximum absolute atomic E-state index is 5.78. The van der Waals surface area contributed by atoms with Crippen molar-refractivity contribution in [3.05, 3.63) is 66.6 Å². The molecule has 0 aliphatic heterocycles. The standard InChI is InChI=1S/C17H15N7O/c18-17-21-15(10-16(22-17)24-8-4-7-20-24)19-11-13-9-14(25-23-13)12-5-2-1-3-6-12/h1-10H,11H2,(H3,18,19,21,22). The second-order valence-corrected chi connectivity index (χ2v) is 5.32. The van der Waals surface area contributed by atoms with Crippen LogP contribution in [0.1, 0.15) is 5.69 Å². The molecule has 0 bridgehead atoms. The SMILES string of the molecule is Nc1nc(NCc2cc(-c3ccccc3)on2)cc(-n2cccn2)n1. The Morgan fingerprint density at radius 3 is 2.76 bits per heavy atom. The molecule has 0 spiro atoms. The van der Waals surface area contributed by atoms with E-state index in [1.54, 1.807) is 23.1 Å². The summed E-state index contributed by atoms with van der Waals surface area (Å²) in [7, 11) is 0. The number of hydrogen-bond donors (Lipinski definition) is 2. The topological polar surface area (TPSA) is 108 Å². The Morgan fingerprint density at radius 1 is 1.08 bits per heavy atom. The van der Waals surface area contributed by atoms with Gasteiger partial charge in [-0.3, -0.25) is 0 Å². The van der Waals surface area contributed by atoms with Gasteiger partial charge in [0.15, 0.2) is 11.6 Å². The molecule has 0 atom stereocenters. The third-order valence-electron chi connectivity index (χ3n) is 3.54. The van der Waals surface area contributed by atoms with Crippen LogP contribution in [-0.2, 0) is 6.54 Å². The molecule has 0 fully saturated rings. The molecule has 0 amide bonds. The maximum Gasteiger partial charge on any atom is 0.224 e. The maximum atomic E-state index is 5.78. The summed E-state index contributed by atoms with van der Waals surface area (Å²) in [5.41, 5.74) is 7.52. The second-order valence-electron chi connectivity index (χ2n) is 5.32. The zero-order valence-electron chi connectivity index (χ0n) is 13.2. The fourth-order valence-electron chi connectivity index (χ4n) is 2.38. The molecule has 0 aliphatic rings. The quantitative estimate of drug-likeness (QED) is 0.577. The molecule has 8 nitrogen and oxygen atoms in total. The number of aromatic nitrogens is 5. The Balaban J connectivity index is 1.49. The number of nitrogens with one attached hydrogen (secondary N) is 1. The fraction of sp³-hybridized carbons (Fsp3) is 0.0588. The predicted molar refractivity (Wildman–Crippen MR) is 92.8 cm³/mol. The Morgan fingerprint density at radius 2 is 1.96 bits per heavy atom. The molecule has 0 radical (unpaired) electrons. The van der Waals surface area contributed by atoms with E-state index in [-0.39, 0.29) is 5.95 Å². The van der Waals surface area contributed by atoms with Crippen molar-refractivity contribution in [1.29, 1.82) is 0 Å². The number of hydrogen-bond acceptors (Lipinski definition) is 7. The third kappa shape index (κ3) is 3.32. The lowest BCUT2D eigenvalue weighted by atomic mass is 10.2. The van der Waals surface area contributed by atoms with Gasteiger partial charge in [-0.1, -0.05) is 35.5 Å². The smallest absolute Gasteiger partial charge is 0.224 e. The zero-order chi connectivity index (χ0) is 17.1. The van der Waals surface area contributed by atoms with Crippen LogP contribution in [0.2, 0.25) is 0 Å². The van der Waals surface area contributed by atoms with Gasteiger partial charge in [-0.05, 0) is 6.07 Å². The number of nitrogens with two attached hydrogens (primary N) is 1. The van der Waals surface area contributed by atoms with E-state index < -0.39 is 0 Å². The summed E-state index contributed by atoms with van der Waals surface area (Å²) >= 11 is 0. The first-order valence-corrected chi connectivity index (χ1v) is 7.67. The van der Waals surface area contributed by atoms with Crippen LogP contribution in [0.25, 0.3) is 17.1 Å². The first-order valence-electron chi connectivity index (χ1n) is 7.67. The van der Waals surface area contributed by atoms with Gasteiger partial charge in [0.1, 0.15) is 11.5 Å². The van der Waals surface area contributed by atoms with Gasteiger partial charge in [-0.2, -0.15) is 15.1 Å². The summed E-state index contributed by atoms with van der Waals surface area (Å²) in [6, 6.07) is 15.3. The monoisotopic (exact) mass is 333 g/mol. The van der Waals surface area contributed by atoms with Gasteiger partial charge < -0.3 is 15.6 Å². The minimum Gasteiger partial charge on any atom is -0.368 e. The minimum absolute atomic E-state index is 0.167. The fourth-order valence-corrected chi connectivity index (χ4v) is 2.38. The first kappa shape index (κ1) is 14.9. The van der Waals surface area contributed by atoms with E-state index in [4.69, 9.17) is 10.3 Å². The zero-order valence-corrected chi connectivity index (χ0v) is 13.2. The largest absolute Gasteiger partial charge is 0.368 e. The van der Waals surface area contributed by atoms with Crippen LogP contribution in [0.4, 0.5) is 11.8 Å². The van der Waals surface area contributed by atoms with Crippen LogP contribution in [0.5, 0.6) is 0 Å². The molecular formula is C17H15N7O. The summed E-state index contributed by atoms with van der Waals surface area (Å²) in [5.74, 6) is 2.06. The summed E-state index contributed by atoms with van der Waals surface area (Å²) in [6.45, 7) is 0.450. The molecule has 25 heavy (non-hydrogen) atoms. The Bertz CT molecular complexity index is 964. The van der Waals surface area contributed by atoms with Crippen molar-refractivity contribution in [3.63, 3.8) is 0 Å². The van der Waals surface area contributed by atoms with Gasteiger partial charge in [0.2, 0.25) is 5.95 Å². The van der Waals surface area contributed by atoms with Gasteiger partial charge in [-0.25, -0.2) is 4.68 Å². The highest BCUT2D eigenvalue weighted by Crippen LogP contribution is 2.20. The summed E-state index contributed by atoms with van der Waals surface area (Å²) in [4.78, 5) is 8.35. The van der Waals surface area contributed by atoms with Crippen LogP contribution < -0.4 is 11.1 Å². The normalized spacial score (nSPS) is 10.7. The predicted octanol–water partition coefficient (Wildman–Crippen LogP) is 2.51. The number of anilines is 2. The van der Waals surface area contributed by atoms with Crippen molar-refractivity contribution in [3.8, 4) is 17.1 Å². The molecule has 8 heteroatoms. The highest BCUT2D eigenvalue weighted by Gasteiger charge is 2.08. The molecule has 4 rings (SSSR count). The van der Waals surface area contributed by atoms with Crippen LogP contribution in [0.3, 0.4) is 0 Å². The van der Waals surface area contributed by atoms with Crippen LogP contribution in [-0.4, -0.2) is 24.9 Å². The lowest BCUT2D eigenvalue weighted by Gasteiger charge is -2.07. The van der Waals surface area contributed by atoms with Crippen molar-refractivity contribution in [2.24, 2.45) is 0 Å². The molecule has 0 aliphatic carbocycles. The second kappa shape index (κ2) is 6.44. The van der Waals surface area contributed by atoms with E-state index in [2.05, 4.69) is 25.5 Å². The minimum atomic E-state index is 0.167. The summed E-state index contributed by atoms with van der Waals surface area (Å²) in [5, 5.41) is 11.4. The van der Waals surface area contributed by atoms with Gasteiger partial charge in [0, 0.05) is 30.1 Å². The molecule has 0 unspecified atom stereocenters. The lowest BCUT2D eigenvalue weighted by molar-refractivity contribution is 0.424. The first-order chi connectivity index (χ1) is 12.3. The molecule has 0 saturated heterocycles. The van der Waals surface area contributed by atoms with Crippen molar-refractivity contribution in [2.75, 3.05) is 11.1 Å². The highest BCUT2D eigenvalue weighted by atomic mass is 16.5. The number of nitrogens with zero attached hydrogens (tertiary/aromatic N) is 5. The number of rotatable bonds is 5. The van der Waals surface area contributed by atoms with E-state index in [0.29, 0.717) is 18.2 Å². The van der Waals surface area contributed by atoms with Crippen molar-refractivity contribution < 1.29 is 4.52 Å². The molecule has 3 heterocycles. The molecule has 4 aromatic rings. The van der Waals surface area contributed by atoms with Crippen LogP contribution in [0, 0.1) is 0 Å². The average molecular weight is 333 g/mol. The van der Waals surface area contributed by atoms with E-state index in [0.717, 1.165) is 17.0 Å². The van der Waals surface area contributed by atoms with Gasteiger partial charge in [0.25, 0.3) is 0 Å². The highest BCUT2D eigenvalue weighted by molar-refractivity contribution is 5.57. The molecule has 124 valence electrons. The van der Waals surface area contributed by atoms with Crippen molar-refractivity contribution in [2.45, 2.75) is 6.54 Å².